The molecule has 21 heavy (non-hydrogen) atoms. The van der Waals surface area contributed by atoms with Gasteiger partial charge in [0.1, 0.15) is 13.2 Å². The van der Waals surface area contributed by atoms with Crippen molar-refractivity contribution in [2.24, 2.45) is 0 Å². The number of ether oxygens (including phenoxy) is 2. The normalized spacial score (nSPS) is 15.7. The fraction of sp³-hybridized carbons (Fsp3) is 0.533. The first-order valence-electron chi connectivity index (χ1n) is 7.17. The van der Waals surface area contributed by atoms with Gasteiger partial charge in [-0.25, -0.2) is 0 Å². The van der Waals surface area contributed by atoms with E-state index in [1.165, 1.54) is 56.5 Å². The van der Waals surface area contributed by atoms with Crippen LogP contribution in [0.5, 0.6) is 11.5 Å². The highest BCUT2D eigenvalue weighted by molar-refractivity contribution is 6.32. The third-order valence-corrected chi connectivity index (χ3v) is 4.01. The highest BCUT2D eigenvalue weighted by Crippen LogP contribution is 2.36. The Morgan fingerprint density at radius 2 is 2.05 bits per heavy atom. The predicted octanol–water partition coefficient (Wildman–Crippen LogP) is 0.160. The Kier molecular flexibility index (Phi) is 5.70. The molecule has 5 nitrogen and oxygen atoms in total. The van der Waals surface area contributed by atoms with Crippen LogP contribution in [0.25, 0.3) is 0 Å². The van der Waals surface area contributed by atoms with Gasteiger partial charge < -0.3 is 24.3 Å². The summed E-state index contributed by atoms with van der Waals surface area (Å²) in [6, 6.07) is 2.69. The van der Waals surface area contributed by atoms with Gasteiger partial charge in [-0.15, -0.1) is 0 Å². The van der Waals surface area contributed by atoms with Crippen LogP contribution in [-0.2, 0) is 0 Å². The standard InChI is InChI=1S/C15H20ClNO4/c1-20-13-10-11(15(18)19)9-12(16)14(13)21-8-7-17-5-3-2-4-6-17/h9-10H,2-8H2,1H3,(H,18,19). The summed E-state index contributed by atoms with van der Waals surface area (Å²) in [7, 11) is 1.45. The highest BCUT2D eigenvalue weighted by atomic mass is 35.5. The largest absolute Gasteiger partial charge is 0.545 e. The van der Waals surface area contributed by atoms with Crippen LogP contribution < -0.4 is 19.5 Å². The van der Waals surface area contributed by atoms with Crippen LogP contribution in [0.2, 0.25) is 5.02 Å². The molecule has 2 rings (SSSR count). The molecular weight excluding hydrogens is 294 g/mol. The Hall–Kier alpha value is -1.46. The molecule has 6 heteroatoms. The zero-order chi connectivity index (χ0) is 15.2. The molecule has 0 radical (unpaired) electrons. The molecule has 1 aliphatic heterocycles. The van der Waals surface area contributed by atoms with Crippen molar-refractivity contribution in [2.45, 2.75) is 19.3 Å². The second-order valence-electron chi connectivity index (χ2n) is 5.19. The van der Waals surface area contributed by atoms with E-state index in [0.29, 0.717) is 18.1 Å². The lowest BCUT2D eigenvalue weighted by Crippen LogP contribution is -3.13. The van der Waals surface area contributed by atoms with E-state index in [4.69, 9.17) is 21.1 Å². The maximum absolute atomic E-state index is 10.9. The van der Waals surface area contributed by atoms with Crippen LogP contribution in [-0.4, -0.2) is 39.3 Å². The quantitative estimate of drug-likeness (QED) is 0.812. The van der Waals surface area contributed by atoms with Crippen molar-refractivity contribution in [3.63, 3.8) is 0 Å². The molecule has 1 aliphatic rings. The zero-order valence-corrected chi connectivity index (χ0v) is 12.9. The number of nitrogens with one attached hydrogen (secondary N) is 1. The van der Waals surface area contributed by atoms with Gasteiger partial charge in [-0.1, -0.05) is 11.6 Å². The number of rotatable bonds is 6. The number of halogens is 1. The van der Waals surface area contributed by atoms with Crippen molar-refractivity contribution in [3.05, 3.63) is 22.7 Å². The minimum Gasteiger partial charge on any atom is -0.545 e. The lowest BCUT2D eigenvalue weighted by molar-refractivity contribution is -0.904. The summed E-state index contributed by atoms with van der Waals surface area (Å²) in [6.45, 7) is 3.79. The Labute approximate surface area is 129 Å². The maximum atomic E-state index is 10.9. The van der Waals surface area contributed by atoms with E-state index < -0.39 is 5.97 Å². The Balaban J connectivity index is 1.99. The molecule has 1 aromatic carbocycles. The number of piperidine rings is 1. The number of hydrogen-bond acceptors (Lipinski definition) is 4. The average Bonchev–Trinajstić information content (AvgIpc) is 2.49. The molecule has 0 aromatic heterocycles. The molecule has 1 saturated heterocycles. The van der Waals surface area contributed by atoms with E-state index >= 15 is 0 Å². The van der Waals surface area contributed by atoms with E-state index in [1.807, 2.05) is 0 Å². The number of methoxy groups -OCH3 is 1. The summed E-state index contributed by atoms with van der Waals surface area (Å²) in [5.41, 5.74) is -0.0224. The minimum atomic E-state index is -1.29. The van der Waals surface area contributed by atoms with Crippen molar-refractivity contribution >= 4 is 17.6 Å². The van der Waals surface area contributed by atoms with Crippen LogP contribution in [0.15, 0.2) is 12.1 Å². The van der Waals surface area contributed by atoms with Crippen LogP contribution >= 0.6 is 11.6 Å². The summed E-state index contributed by atoms with van der Waals surface area (Å²) < 4.78 is 10.9. The number of carboxylic acid groups (broad SMARTS) is 1. The van der Waals surface area contributed by atoms with E-state index in [-0.39, 0.29) is 10.6 Å². The van der Waals surface area contributed by atoms with E-state index in [2.05, 4.69) is 0 Å². The first-order valence-corrected chi connectivity index (χ1v) is 7.55. The van der Waals surface area contributed by atoms with Gasteiger partial charge in [0, 0.05) is 5.56 Å². The SMILES string of the molecule is COc1cc(C(=O)[O-])cc(Cl)c1OCC[NH+]1CCCCC1. The van der Waals surface area contributed by atoms with Crippen molar-refractivity contribution < 1.29 is 24.3 Å². The first kappa shape index (κ1) is 15.9. The lowest BCUT2D eigenvalue weighted by Gasteiger charge is -2.23. The summed E-state index contributed by atoms with van der Waals surface area (Å²) in [4.78, 5) is 12.4. The topological polar surface area (TPSA) is 63.0 Å². The van der Waals surface area contributed by atoms with Gasteiger partial charge in [0.15, 0.2) is 11.5 Å². The van der Waals surface area contributed by atoms with Crippen molar-refractivity contribution in [1.82, 2.24) is 0 Å². The zero-order valence-electron chi connectivity index (χ0n) is 12.1. The second kappa shape index (κ2) is 7.52. The Bertz CT molecular complexity index is 501. The number of quaternary nitrogens is 1. The molecule has 0 atom stereocenters. The fourth-order valence-electron chi connectivity index (χ4n) is 2.58. The number of aromatic carboxylic acids is 1. The molecule has 1 N–H and O–H groups in total. The van der Waals surface area contributed by atoms with E-state index in [9.17, 15) is 9.90 Å². The highest BCUT2D eigenvalue weighted by Gasteiger charge is 2.16. The molecule has 0 saturated carbocycles. The van der Waals surface area contributed by atoms with Gasteiger partial charge >= 0.3 is 0 Å². The van der Waals surface area contributed by atoms with Crippen molar-refractivity contribution in [3.8, 4) is 11.5 Å². The molecule has 0 bridgehead atoms. The summed E-state index contributed by atoms with van der Waals surface area (Å²) in [5, 5.41) is 11.1. The second-order valence-corrected chi connectivity index (χ2v) is 5.59. The Morgan fingerprint density at radius 3 is 2.67 bits per heavy atom. The molecule has 0 aliphatic carbocycles. The third-order valence-electron chi connectivity index (χ3n) is 3.73. The predicted molar refractivity (Wildman–Crippen MR) is 77.2 cm³/mol. The minimum absolute atomic E-state index is 0.0224. The van der Waals surface area contributed by atoms with Gasteiger partial charge in [0.2, 0.25) is 0 Å². The van der Waals surface area contributed by atoms with Crippen LogP contribution in [0.3, 0.4) is 0 Å². The molecule has 0 amide bonds. The average molecular weight is 314 g/mol. The van der Waals surface area contributed by atoms with E-state index in [1.54, 1.807) is 0 Å². The molecular formula is C15H20ClNO4. The summed E-state index contributed by atoms with van der Waals surface area (Å²) in [5.74, 6) is -0.588. The van der Waals surface area contributed by atoms with Crippen molar-refractivity contribution in [1.29, 1.82) is 0 Å². The molecule has 1 fully saturated rings. The monoisotopic (exact) mass is 313 g/mol. The fourth-order valence-corrected chi connectivity index (χ4v) is 2.84. The van der Waals surface area contributed by atoms with Gasteiger partial charge in [-0.3, -0.25) is 0 Å². The summed E-state index contributed by atoms with van der Waals surface area (Å²) in [6.07, 6.45) is 3.84. The molecule has 116 valence electrons. The third kappa shape index (κ3) is 4.25. The number of carboxylic acids is 1. The van der Waals surface area contributed by atoms with Gasteiger partial charge in [-0.05, 0) is 31.4 Å². The molecule has 1 aromatic rings. The van der Waals surface area contributed by atoms with Gasteiger partial charge in [-0.2, -0.15) is 0 Å². The smallest absolute Gasteiger partial charge is 0.180 e. The number of benzene rings is 1. The number of hydrogen-bond donors (Lipinski definition) is 1. The van der Waals surface area contributed by atoms with Gasteiger partial charge in [0.25, 0.3) is 0 Å². The van der Waals surface area contributed by atoms with Crippen LogP contribution in [0.4, 0.5) is 0 Å². The van der Waals surface area contributed by atoms with E-state index in [0.717, 1.165) is 6.54 Å². The van der Waals surface area contributed by atoms with Crippen LogP contribution in [0, 0.1) is 0 Å². The first-order chi connectivity index (χ1) is 10.1. The van der Waals surface area contributed by atoms with Crippen LogP contribution in [0.1, 0.15) is 29.6 Å². The lowest BCUT2D eigenvalue weighted by atomic mass is 10.1. The molecule has 0 unspecified atom stereocenters. The Morgan fingerprint density at radius 1 is 1.33 bits per heavy atom. The number of carbonyl (C=O) groups is 1. The molecule has 0 spiro atoms. The number of likely N-dealkylation sites (tertiary alicyclic amines) is 1. The van der Waals surface area contributed by atoms with Gasteiger partial charge in [0.05, 0.1) is 31.2 Å². The maximum Gasteiger partial charge on any atom is 0.180 e. The number of carbonyl (C=O) groups excluding carboxylic acids is 1. The van der Waals surface area contributed by atoms with Crippen molar-refractivity contribution in [2.75, 3.05) is 33.4 Å². The summed E-state index contributed by atoms with van der Waals surface area (Å²) >= 11 is 6.08. The molecule has 1 heterocycles.